The lowest BCUT2D eigenvalue weighted by atomic mass is 10.1. The van der Waals surface area contributed by atoms with E-state index in [1.54, 1.807) is 0 Å². The Bertz CT molecular complexity index is 163. The van der Waals surface area contributed by atoms with Crippen molar-refractivity contribution in [3.63, 3.8) is 0 Å². The Morgan fingerprint density at radius 1 is 1.36 bits per heavy atom. The zero-order valence-electron chi connectivity index (χ0n) is 9.11. The largest absolute Gasteiger partial charge is 0.378 e. The molecule has 0 aromatic carbocycles. The van der Waals surface area contributed by atoms with E-state index in [-0.39, 0.29) is 0 Å². The van der Waals surface area contributed by atoms with Crippen molar-refractivity contribution in [3.05, 3.63) is 12.2 Å². The van der Waals surface area contributed by atoms with Gasteiger partial charge in [-0.1, -0.05) is 12.2 Å². The van der Waals surface area contributed by atoms with Gasteiger partial charge in [-0.3, -0.25) is 4.90 Å². The number of rotatable bonds is 5. The molecule has 1 aliphatic rings. The predicted octanol–water partition coefficient (Wildman–Crippen LogP) is 1.00. The molecule has 0 bridgehead atoms. The van der Waals surface area contributed by atoms with Crippen molar-refractivity contribution >= 4 is 0 Å². The van der Waals surface area contributed by atoms with E-state index in [1.807, 2.05) is 6.08 Å². The highest BCUT2D eigenvalue weighted by molar-refractivity contribution is 4.87. The second-order valence-corrected chi connectivity index (χ2v) is 3.66. The number of hydrogen-bond donors (Lipinski definition) is 1. The van der Waals surface area contributed by atoms with Gasteiger partial charge in [-0.15, -0.1) is 0 Å². The van der Waals surface area contributed by atoms with Crippen molar-refractivity contribution in [2.75, 3.05) is 32.8 Å². The van der Waals surface area contributed by atoms with Crippen molar-refractivity contribution < 1.29 is 4.74 Å². The van der Waals surface area contributed by atoms with E-state index in [2.05, 4.69) is 17.9 Å². The lowest BCUT2D eigenvalue weighted by Crippen LogP contribution is -2.37. The van der Waals surface area contributed by atoms with Crippen LogP contribution >= 0.6 is 0 Å². The number of ether oxygens (including phenoxy) is 1. The monoisotopic (exact) mass is 198 g/mol. The van der Waals surface area contributed by atoms with E-state index < -0.39 is 0 Å². The van der Waals surface area contributed by atoms with Crippen LogP contribution in [0.25, 0.3) is 0 Å². The summed E-state index contributed by atoms with van der Waals surface area (Å²) in [6.45, 7) is 6.90. The summed E-state index contributed by atoms with van der Waals surface area (Å²) in [5.41, 5.74) is 5.38. The first kappa shape index (κ1) is 11.7. The highest BCUT2D eigenvalue weighted by atomic mass is 16.5. The lowest BCUT2D eigenvalue weighted by molar-refractivity contribution is 0.0167. The van der Waals surface area contributed by atoms with E-state index >= 15 is 0 Å². The summed E-state index contributed by atoms with van der Waals surface area (Å²) in [4.78, 5) is 2.45. The first-order chi connectivity index (χ1) is 6.86. The van der Waals surface area contributed by atoms with E-state index in [0.717, 1.165) is 26.2 Å². The molecule has 0 amide bonds. The summed E-state index contributed by atoms with van der Waals surface area (Å²) in [7, 11) is 0. The smallest absolute Gasteiger partial charge is 0.0599 e. The molecule has 0 saturated carbocycles. The zero-order valence-corrected chi connectivity index (χ0v) is 9.11. The molecular weight excluding hydrogens is 176 g/mol. The second-order valence-electron chi connectivity index (χ2n) is 3.66. The Labute approximate surface area is 86.9 Å². The van der Waals surface area contributed by atoms with Gasteiger partial charge in [-0.05, 0) is 19.8 Å². The molecule has 3 nitrogen and oxygen atoms in total. The SMILES string of the molecule is CCOC1CCN(CC=CCN)CC1. The first-order valence-corrected chi connectivity index (χ1v) is 5.55. The molecule has 0 spiro atoms. The Balaban J connectivity index is 2.12. The summed E-state index contributed by atoms with van der Waals surface area (Å²) in [5.74, 6) is 0. The highest BCUT2D eigenvalue weighted by Gasteiger charge is 2.17. The van der Waals surface area contributed by atoms with Gasteiger partial charge in [0, 0.05) is 32.8 Å². The molecule has 0 aliphatic carbocycles. The lowest BCUT2D eigenvalue weighted by Gasteiger charge is -2.30. The average molecular weight is 198 g/mol. The Morgan fingerprint density at radius 2 is 2.07 bits per heavy atom. The third kappa shape index (κ3) is 4.22. The fourth-order valence-corrected chi connectivity index (χ4v) is 1.81. The summed E-state index contributed by atoms with van der Waals surface area (Å²) >= 11 is 0. The normalized spacial score (nSPS) is 20.7. The molecule has 1 rings (SSSR count). The molecule has 0 aromatic heterocycles. The predicted molar refractivity (Wildman–Crippen MR) is 59.3 cm³/mol. The van der Waals surface area contributed by atoms with Crippen LogP contribution in [0, 0.1) is 0 Å². The van der Waals surface area contributed by atoms with Crippen LogP contribution in [0.1, 0.15) is 19.8 Å². The van der Waals surface area contributed by atoms with Crippen LogP contribution in [-0.4, -0.2) is 43.8 Å². The van der Waals surface area contributed by atoms with Crippen molar-refractivity contribution in [1.29, 1.82) is 0 Å². The summed E-state index contributed by atoms with van der Waals surface area (Å²) in [6.07, 6.45) is 7.01. The van der Waals surface area contributed by atoms with Gasteiger partial charge < -0.3 is 10.5 Å². The fourth-order valence-electron chi connectivity index (χ4n) is 1.81. The summed E-state index contributed by atoms with van der Waals surface area (Å²) in [5, 5.41) is 0. The number of nitrogens with two attached hydrogens (primary N) is 1. The van der Waals surface area contributed by atoms with Crippen LogP contribution in [0.4, 0.5) is 0 Å². The van der Waals surface area contributed by atoms with Crippen LogP contribution < -0.4 is 5.73 Å². The molecule has 14 heavy (non-hydrogen) atoms. The van der Waals surface area contributed by atoms with Gasteiger partial charge in [0.25, 0.3) is 0 Å². The standard InChI is InChI=1S/C11H22N2O/c1-2-14-11-5-9-13(10-6-11)8-4-3-7-12/h3-4,11H,2,5-10,12H2,1H3. The number of likely N-dealkylation sites (tertiary alicyclic amines) is 1. The van der Waals surface area contributed by atoms with E-state index in [1.165, 1.54) is 12.8 Å². The van der Waals surface area contributed by atoms with Crippen LogP contribution in [-0.2, 0) is 4.74 Å². The van der Waals surface area contributed by atoms with Crippen molar-refractivity contribution in [2.24, 2.45) is 5.73 Å². The molecule has 1 fully saturated rings. The molecule has 1 saturated heterocycles. The van der Waals surface area contributed by atoms with E-state index in [4.69, 9.17) is 10.5 Å². The van der Waals surface area contributed by atoms with Crippen LogP contribution in [0.5, 0.6) is 0 Å². The molecule has 2 N–H and O–H groups in total. The van der Waals surface area contributed by atoms with Crippen LogP contribution in [0.15, 0.2) is 12.2 Å². The van der Waals surface area contributed by atoms with Gasteiger partial charge in [-0.2, -0.15) is 0 Å². The third-order valence-electron chi connectivity index (χ3n) is 2.60. The summed E-state index contributed by atoms with van der Waals surface area (Å²) < 4.78 is 5.59. The van der Waals surface area contributed by atoms with Crippen molar-refractivity contribution in [2.45, 2.75) is 25.9 Å². The Kier molecular flexibility index (Phi) is 5.83. The topological polar surface area (TPSA) is 38.5 Å². The fraction of sp³-hybridized carbons (Fsp3) is 0.818. The minimum Gasteiger partial charge on any atom is -0.378 e. The Hall–Kier alpha value is -0.380. The van der Waals surface area contributed by atoms with Gasteiger partial charge in [0.2, 0.25) is 0 Å². The molecule has 0 radical (unpaired) electrons. The molecule has 1 heterocycles. The van der Waals surface area contributed by atoms with Crippen LogP contribution in [0.2, 0.25) is 0 Å². The van der Waals surface area contributed by atoms with E-state index in [0.29, 0.717) is 12.6 Å². The Morgan fingerprint density at radius 3 is 2.64 bits per heavy atom. The molecule has 0 atom stereocenters. The van der Waals surface area contributed by atoms with Crippen LogP contribution in [0.3, 0.4) is 0 Å². The third-order valence-corrected chi connectivity index (χ3v) is 2.60. The maximum absolute atomic E-state index is 5.59. The van der Waals surface area contributed by atoms with Crippen molar-refractivity contribution in [1.82, 2.24) is 4.90 Å². The summed E-state index contributed by atoms with van der Waals surface area (Å²) in [6, 6.07) is 0. The molecule has 1 aliphatic heterocycles. The van der Waals surface area contributed by atoms with Gasteiger partial charge in [0.1, 0.15) is 0 Å². The number of nitrogens with zero attached hydrogens (tertiary/aromatic N) is 1. The zero-order chi connectivity index (χ0) is 10.2. The maximum atomic E-state index is 5.59. The number of piperidine rings is 1. The minimum absolute atomic E-state index is 0.495. The second kappa shape index (κ2) is 6.98. The number of hydrogen-bond acceptors (Lipinski definition) is 3. The van der Waals surface area contributed by atoms with Gasteiger partial charge >= 0.3 is 0 Å². The highest BCUT2D eigenvalue weighted by Crippen LogP contribution is 2.12. The molecule has 82 valence electrons. The quantitative estimate of drug-likeness (QED) is 0.670. The van der Waals surface area contributed by atoms with Gasteiger partial charge in [0.05, 0.1) is 6.10 Å². The molecule has 0 unspecified atom stereocenters. The van der Waals surface area contributed by atoms with E-state index in [9.17, 15) is 0 Å². The van der Waals surface area contributed by atoms with Crippen molar-refractivity contribution in [3.8, 4) is 0 Å². The van der Waals surface area contributed by atoms with Gasteiger partial charge in [-0.25, -0.2) is 0 Å². The molecular formula is C11H22N2O. The molecule has 0 aromatic rings. The first-order valence-electron chi connectivity index (χ1n) is 5.55. The minimum atomic E-state index is 0.495. The maximum Gasteiger partial charge on any atom is 0.0599 e. The average Bonchev–Trinajstić information content (AvgIpc) is 2.21. The molecule has 3 heteroatoms. The van der Waals surface area contributed by atoms with Gasteiger partial charge in [0.15, 0.2) is 0 Å².